The quantitative estimate of drug-likeness (QED) is 0.228. The first-order valence-corrected chi connectivity index (χ1v) is 9.02. The van der Waals surface area contributed by atoms with E-state index in [9.17, 15) is 28.2 Å². The third kappa shape index (κ3) is 20.3. The lowest BCUT2D eigenvalue weighted by Crippen LogP contribution is -2.05. The summed E-state index contributed by atoms with van der Waals surface area (Å²) >= 11 is 0. The zero-order valence-corrected chi connectivity index (χ0v) is 15.3. The van der Waals surface area contributed by atoms with E-state index in [4.69, 9.17) is 5.11 Å². The van der Waals surface area contributed by atoms with Gasteiger partial charge < -0.3 is 15.3 Å². The maximum absolute atomic E-state index is 11.9. The number of halogens is 3. The first-order chi connectivity index (χ1) is 12.7. The summed E-state index contributed by atoms with van der Waals surface area (Å²) in [7, 11) is 0. The van der Waals surface area contributed by atoms with Crippen molar-refractivity contribution in [3.63, 3.8) is 0 Å². The molecular weight excluding hydrogens is 361 g/mol. The third-order valence-corrected chi connectivity index (χ3v) is 3.52. The summed E-state index contributed by atoms with van der Waals surface area (Å²) in [6.07, 6.45) is 9.48. The molecule has 7 heteroatoms. The highest BCUT2D eigenvalue weighted by Gasteiger charge is 2.25. The van der Waals surface area contributed by atoms with Crippen LogP contribution in [0.3, 0.4) is 0 Å². The highest BCUT2D eigenvalue weighted by Crippen LogP contribution is 2.22. The number of carboxylic acids is 1. The standard InChI is InChI=1S/C20H29F3O4/c21-20(22,23)16-9-5-1-2-6-11-17(24)12-7-3-4-8-13-18(25)14-10-15-19(26)27/h2-4,6-8,12-13,17-18,24-25H,1,5,9-11,14-16H2,(H,26,27)/b4-3+,6-2+,12-7+,13-8?/t17-,18-/m1/s1. The van der Waals surface area contributed by atoms with Gasteiger partial charge in [-0.25, -0.2) is 0 Å². The van der Waals surface area contributed by atoms with Crippen molar-refractivity contribution in [2.45, 2.75) is 69.8 Å². The number of alkyl halides is 3. The maximum Gasteiger partial charge on any atom is 0.389 e. The van der Waals surface area contributed by atoms with E-state index in [0.717, 1.165) is 0 Å². The molecule has 0 aromatic carbocycles. The van der Waals surface area contributed by atoms with Crippen LogP contribution in [0.2, 0.25) is 0 Å². The lowest BCUT2D eigenvalue weighted by molar-refractivity contribution is -0.137. The molecule has 154 valence electrons. The molecule has 0 aliphatic carbocycles. The van der Waals surface area contributed by atoms with Gasteiger partial charge in [-0.05, 0) is 38.5 Å². The van der Waals surface area contributed by atoms with E-state index in [1.54, 1.807) is 48.6 Å². The van der Waals surface area contributed by atoms with Crippen LogP contribution < -0.4 is 0 Å². The van der Waals surface area contributed by atoms with Gasteiger partial charge in [0, 0.05) is 12.8 Å². The molecule has 0 aromatic rings. The Hall–Kier alpha value is -1.86. The normalized spacial score (nSPS) is 15.4. The summed E-state index contributed by atoms with van der Waals surface area (Å²) in [5, 5.41) is 27.8. The Balaban J connectivity index is 3.82. The van der Waals surface area contributed by atoms with Crippen LogP contribution in [-0.2, 0) is 4.79 Å². The molecular formula is C20H29F3O4. The topological polar surface area (TPSA) is 77.8 Å². The van der Waals surface area contributed by atoms with E-state index in [1.165, 1.54) is 0 Å². The number of hydrogen-bond donors (Lipinski definition) is 3. The van der Waals surface area contributed by atoms with Crippen LogP contribution in [0.25, 0.3) is 0 Å². The number of hydrogen-bond acceptors (Lipinski definition) is 3. The minimum absolute atomic E-state index is 0.0311. The molecule has 0 bridgehead atoms. The maximum atomic E-state index is 11.9. The number of aliphatic carboxylic acids is 1. The number of rotatable bonds is 14. The Kier molecular flexibility index (Phi) is 14.2. The first kappa shape index (κ1) is 25.1. The number of allylic oxidation sites excluding steroid dienone is 5. The van der Waals surface area contributed by atoms with Gasteiger partial charge in [0.15, 0.2) is 0 Å². The number of carboxylic acid groups (broad SMARTS) is 1. The van der Waals surface area contributed by atoms with E-state index in [1.807, 2.05) is 0 Å². The SMILES string of the molecule is O=C(O)CCC[C@H](O)C=C/C=C/C=C/[C@H](O)C/C=C/CCCCC(F)(F)F. The summed E-state index contributed by atoms with van der Waals surface area (Å²) in [5.41, 5.74) is 0. The fraction of sp³-hybridized carbons (Fsp3) is 0.550. The molecule has 0 fully saturated rings. The van der Waals surface area contributed by atoms with E-state index in [2.05, 4.69) is 0 Å². The highest BCUT2D eigenvalue weighted by atomic mass is 19.4. The Morgan fingerprint density at radius 3 is 2.11 bits per heavy atom. The van der Waals surface area contributed by atoms with Crippen LogP contribution in [-0.4, -0.2) is 39.7 Å². The van der Waals surface area contributed by atoms with Crippen molar-refractivity contribution < 1.29 is 33.3 Å². The van der Waals surface area contributed by atoms with Gasteiger partial charge in [-0.15, -0.1) is 0 Å². The average Bonchev–Trinajstić information content (AvgIpc) is 2.55. The number of carbonyl (C=O) groups is 1. The van der Waals surface area contributed by atoms with Gasteiger partial charge in [0.25, 0.3) is 0 Å². The minimum Gasteiger partial charge on any atom is -0.481 e. The predicted octanol–water partition coefficient (Wildman–Crippen LogP) is 4.70. The molecule has 2 atom stereocenters. The van der Waals surface area contributed by atoms with E-state index >= 15 is 0 Å². The van der Waals surface area contributed by atoms with Gasteiger partial charge in [0.1, 0.15) is 0 Å². The number of aliphatic hydroxyl groups is 2. The van der Waals surface area contributed by atoms with Crippen LogP contribution in [0.1, 0.15) is 51.4 Å². The van der Waals surface area contributed by atoms with Gasteiger partial charge in [0.2, 0.25) is 0 Å². The summed E-state index contributed by atoms with van der Waals surface area (Å²) < 4.78 is 35.8. The predicted molar refractivity (Wildman–Crippen MR) is 99.2 cm³/mol. The molecule has 0 saturated heterocycles. The molecule has 0 amide bonds. The molecule has 0 aliphatic rings. The molecule has 4 nitrogen and oxygen atoms in total. The van der Waals surface area contributed by atoms with Crippen molar-refractivity contribution in [1.29, 1.82) is 0 Å². The Labute approximate surface area is 158 Å². The van der Waals surface area contributed by atoms with Crippen LogP contribution in [0.5, 0.6) is 0 Å². The Bertz CT molecular complexity index is 508. The Morgan fingerprint density at radius 1 is 0.889 bits per heavy atom. The van der Waals surface area contributed by atoms with Gasteiger partial charge >= 0.3 is 12.1 Å². The number of unbranched alkanes of at least 4 members (excludes halogenated alkanes) is 2. The minimum atomic E-state index is -4.09. The second kappa shape index (κ2) is 15.2. The molecule has 0 unspecified atom stereocenters. The van der Waals surface area contributed by atoms with Gasteiger partial charge in [-0.3, -0.25) is 4.79 Å². The van der Waals surface area contributed by atoms with Gasteiger partial charge in [-0.1, -0.05) is 48.6 Å². The van der Waals surface area contributed by atoms with Crippen molar-refractivity contribution >= 4 is 5.97 Å². The third-order valence-electron chi connectivity index (χ3n) is 3.52. The zero-order chi connectivity index (χ0) is 20.5. The van der Waals surface area contributed by atoms with Crippen molar-refractivity contribution in [1.82, 2.24) is 0 Å². The molecule has 0 aromatic heterocycles. The fourth-order valence-corrected chi connectivity index (χ4v) is 2.09. The molecule has 0 spiro atoms. The van der Waals surface area contributed by atoms with Crippen molar-refractivity contribution in [2.75, 3.05) is 0 Å². The smallest absolute Gasteiger partial charge is 0.389 e. The Morgan fingerprint density at radius 2 is 1.52 bits per heavy atom. The number of aliphatic hydroxyl groups excluding tert-OH is 2. The fourth-order valence-electron chi connectivity index (χ4n) is 2.09. The van der Waals surface area contributed by atoms with E-state index < -0.39 is 30.8 Å². The second-order valence-electron chi connectivity index (χ2n) is 6.14. The molecule has 0 radical (unpaired) electrons. The summed E-state index contributed by atoms with van der Waals surface area (Å²) in [6.45, 7) is 0. The molecule has 0 saturated carbocycles. The van der Waals surface area contributed by atoms with Gasteiger partial charge in [-0.2, -0.15) is 13.2 Å². The van der Waals surface area contributed by atoms with Gasteiger partial charge in [0.05, 0.1) is 12.2 Å². The highest BCUT2D eigenvalue weighted by molar-refractivity contribution is 5.66. The molecule has 3 N–H and O–H groups in total. The largest absolute Gasteiger partial charge is 0.481 e. The van der Waals surface area contributed by atoms with E-state index in [-0.39, 0.29) is 12.8 Å². The van der Waals surface area contributed by atoms with Crippen LogP contribution in [0, 0.1) is 0 Å². The molecule has 0 heterocycles. The summed E-state index contributed by atoms with van der Waals surface area (Å²) in [6, 6.07) is 0. The zero-order valence-electron chi connectivity index (χ0n) is 15.3. The van der Waals surface area contributed by atoms with Crippen LogP contribution in [0.4, 0.5) is 13.2 Å². The van der Waals surface area contributed by atoms with Crippen LogP contribution >= 0.6 is 0 Å². The second-order valence-corrected chi connectivity index (χ2v) is 6.14. The average molecular weight is 390 g/mol. The molecule has 0 aliphatic heterocycles. The molecule has 0 rings (SSSR count). The van der Waals surface area contributed by atoms with Crippen molar-refractivity contribution in [2.24, 2.45) is 0 Å². The van der Waals surface area contributed by atoms with E-state index in [0.29, 0.717) is 32.1 Å². The lowest BCUT2D eigenvalue weighted by Gasteiger charge is -2.04. The van der Waals surface area contributed by atoms with Crippen molar-refractivity contribution in [3.8, 4) is 0 Å². The summed E-state index contributed by atoms with van der Waals surface area (Å²) in [4.78, 5) is 10.3. The monoisotopic (exact) mass is 390 g/mol. The van der Waals surface area contributed by atoms with Crippen LogP contribution in [0.15, 0.2) is 48.6 Å². The van der Waals surface area contributed by atoms with Crippen molar-refractivity contribution in [3.05, 3.63) is 48.6 Å². The molecule has 27 heavy (non-hydrogen) atoms. The lowest BCUT2D eigenvalue weighted by atomic mass is 10.1. The summed E-state index contributed by atoms with van der Waals surface area (Å²) in [5.74, 6) is -0.883. The first-order valence-electron chi connectivity index (χ1n) is 9.02.